The van der Waals surface area contributed by atoms with Crippen LogP contribution in [0.3, 0.4) is 0 Å². The first-order chi connectivity index (χ1) is 15.0. The molecule has 2 fully saturated rings. The summed E-state index contributed by atoms with van der Waals surface area (Å²) in [5, 5.41) is 0. The average Bonchev–Trinajstić information content (AvgIpc) is 2.87. The minimum absolute atomic E-state index is 0.0292. The van der Waals surface area contributed by atoms with Crippen molar-refractivity contribution in [2.24, 2.45) is 0 Å². The lowest BCUT2D eigenvalue weighted by atomic mass is 9.77. The zero-order valence-electron chi connectivity index (χ0n) is 20.6. The minimum Gasteiger partial charge on any atom is -0.444 e. The van der Waals surface area contributed by atoms with Gasteiger partial charge in [0.05, 0.1) is 11.2 Å². The first kappa shape index (κ1) is 25.4. The van der Waals surface area contributed by atoms with Crippen LogP contribution in [0.15, 0.2) is 12.1 Å². The van der Waals surface area contributed by atoms with E-state index in [4.69, 9.17) is 14.0 Å². The molecule has 0 aromatic heterocycles. The number of halogens is 2. The number of ether oxygens (including phenoxy) is 1. The van der Waals surface area contributed by atoms with Gasteiger partial charge in [-0.05, 0) is 61.5 Å². The van der Waals surface area contributed by atoms with Gasteiger partial charge in [0.2, 0.25) is 0 Å². The third-order valence-electron chi connectivity index (χ3n) is 6.38. The van der Waals surface area contributed by atoms with E-state index >= 15 is 4.39 Å². The molecule has 2 aliphatic rings. The first-order valence-electron chi connectivity index (χ1n) is 11.2. The Balaban J connectivity index is 1.81. The molecular weight excluding hydrogens is 433 g/mol. The van der Waals surface area contributed by atoms with Crippen molar-refractivity contribution in [2.75, 3.05) is 19.6 Å². The van der Waals surface area contributed by atoms with Gasteiger partial charge in [-0.1, -0.05) is 6.07 Å². The lowest BCUT2D eigenvalue weighted by molar-refractivity contribution is 0.00578. The van der Waals surface area contributed by atoms with E-state index in [2.05, 4.69) is 0 Å². The van der Waals surface area contributed by atoms with E-state index in [9.17, 15) is 14.0 Å². The lowest BCUT2D eigenvalue weighted by Crippen LogP contribution is -2.56. The van der Waals surface area contributed by atoms with Crippen LogP contribution in [-0.4, -0.2) is 71.4 Å². The molecule has 1 aromatic carbocycles. The predicted molar refractivity (Wildman–Crippen MR) is 120 cm³/mol. The number of benzene rings is 1. The fourth-order valence-corrected chi connectivity index (χ4v) is 3.81. The van der Waals surface area contributed by atoms with Gasteiger partial charge in [0.15, 0.2) is 0 Å². The highest BCUT2D eigenvalue weighted by molar-refractivity contribution is 6.62. The van der Waals surface area contributed by atoms with Crippen molar-refractivity contribution in [2.45, 2.75) is 78.2 Å². The van der Waals surface area contributed by atoms with Crippen molar-refractivity contribution >= 4 is 24.6 Å². The summed E-state index contributed by atoms with van der Waals surface area (Å²) in [6, 6.07) is 1.84. The van der Waals surface area contributed by atoms with Crippen molar-refractivity contribution in [3.8, 4) is 0 Å². The van der Waals surface area contributed by atoms with Crippen molar-refractivity contribution in [3.05, 3.63) is 29.3 Å². The van der Waals surface area contributed by atoms with Crippen LogP contribution in [0.1, 0.15) is 65.7 Å². The third kappa shape index (κ3) is 5.01. The van der Waals surface area contributed by atoms with E-state index in [1.807, 2.05) is 27.7 Å². The van der Waals surface area contributed by atoms with Crippen molar-refractivity contribution in [1.82, 2.24) is 9.80 Å². The van der Waals surface area contributed by atoms with E-state index in [0.29, 0.717) is 0 Å². The van der Waals surface area contributed by atoms with Gasteiger partial charge in [-0.3, -0.25) is 4.79 Å². The highest BCUT2D eigenvalue weighted by Gasteiger charge is 2.53. The Bertz CT molecular complexity index is 932. The second-order valence-electron chi connectivity index (χ2n) is 10.7. The number of carbonyl (C=O) groups is 2. The average molecular weight is 466 g/mol. The van der Waals surface area contributed by atoms with Crippen molar-refractivity contribution in [1.29, 1.82) is 0 Å². The molecule has 33 heavy (non-hydrogen) atoms. The van der Waals surface area contributed by atoms with Gasteiger partial charge in [0.1, 0.15) is 22.8 Å². The molecule has 0 aliphatic carbocycles. The van der Waals surface area contributed by atoms with Crippen LogP contribution >= 0.6 is 0 Å². The Morgan fingerprint density at radius 2 is 1.67 bits per heavy atom. The highest BCUT2D eigenvalue weighted by atomic mass is 19.1. The monoisotopic (exact) mass is 466 g/mol. The van der Waals surface area contributed by atoms with Crippen LogP contribution in [0.4, 0.5) is 13.6 Å². The molecule has 0 N–H and O–H groups in total. The van der Waals surface area contributed by atoms with E-state index < -0.39 is 59.2 Å². The van der Waals surface area contributed by atoms with E-state index in [1.165, 1.54) is 15.9 Å². The third-order valence-corrected chi connectivity index (χ3v) is 6.38. The zero-order chi connectivity index (χ0) is 24.9. The number of rotatable bonds is 2. The molecule has 3 rings (SSSR count). The molecule has 182 valence electrons. The molecule has 1 unspecified atom stereocenters. The maximum atomic E-state index is 15.5. The smallest absolute Gasteiger partial charge is 0.444 e. The molecule has 0 spiro atoms. The predicted octanol–water partition coefficient (Wildman–Crippen LogP) is 3.35. The fraction of sp³-hybridized carbons (Fsp3) is 0.652. The summed E-state index contributed by atoms with van der Waals surface area (Å²) >= 11 is 0. The number of nitrogens with zero attached hydrogens (tertiary/aromatic N) is 2. The molecule has 2 amide bonds. The normalized spacial score (nSPS) is 22.5. The van der Waals surface area contributed by atoms with Gasteiger partial charge in [0, 0.05) is 31.1 Å². The summed E-state index contributed by atoms with van der Waals surface area (Å²) in [6.45, 7) is 14.9. The van der Waals surface area contributed by atoms with Crippen LogP contribution in [-0.2, 0) is 14.0 Å². The Kier molecular flexibility index (Phi) is 6.58. The summed E-state index contributed by atoms with van der Waals surface area (Å²) in [5.41, 5.74) is -2.75. The summed E-state index contributed by atoms with van der Waals surface area (Å²) in [7, 11) is -1.07. The van der Waals surface area contributed by atoms with Gasteiger partial charge in [-0.2, -0.15) is 0 Å². The van der Waals surface area contributed by atoms with Crippen molar-refractivity contribution < 1.29 is 32.4 Å². The Labute approximate surface area is 194 Å². The van der Waals surface area contributed by atoms with E-state index in [0.717, 1.165) is 6.07 Å². The standard InChI is InChI=1S/C23H33BF2N2O5/c1-14-13-27(20(30)31-21(2,3)4)11-12-28(14)19(29)17-16(25)10-9-15(18(17)26)24-32-22(5,6)23(7,8)33-24/h9-10,14H,11-13H2,1-8H3. The first-order valence-corrected chi connectivity index (χ1v) is 11.2. The van der Waals surface area contributed by atoms with Gasteiger partial charge < -0.3 is 23.8 Å². The van der Waals surface area contributed by atoms with Crippen LogP contribution in [0.2, 0.25) is 0 Å². The maximum absolute atomic E-state index is 15.5. The number of hydrogen-bond acceptors (Lipinski definition) is 5. The van der Waals surface area contributed by atoms with Crippen LogP contribution in [0.25, 0.3) is 0 Å². The van der Waals surface area contributed by atoms with Gasteiger partial charge in [0.25, 0.3) is 5.91 Å². The van der Waals surface area contributed by atoms with Crippen LogP contribution < -0.4 is 5.46 Å². The molecule has 7 nitrogen and oxygen atoms in total. The Morgan fingerprint density at radius 1 is 1.09 bits per heavy atom. The molecule has 1 aromatic rings. The van der Waals surface area contributed by atoms with E-state index in [-0.39, 0.29) is 25.1 Å². The summed E-state index contributed by atoms with van der Waals surface area (Å²) in [6.07, 6.45) is -0.485. The molecule has 0 radical (unpaired) electrons. The maximum Gasteiger partial charge on any atom is 0.497 e. The Morgan fingerprint density at radius 3 is 2.18 bits per heavy atom. The highest BCUT2D eigenvalue weighted by Crippen LogP contribution is 2.37. The van der Waals surface area contributed by atoms with Crippen LogP contribution in [0, 0.1) is 11.6 Å². The van der Waals surface area contributed by atoms with Crippen molar-refractivity contribution in [3.63, 3.8) is 0 Å². The molecule has 1 atom stereocenters. The Hall–Kier alpha value is -2.20. The molecule has 0 bridgehead atoms. The molecule has 2 aliphatic heterocycles. The fourth-order valence-electron chi connectivity index (χ4n) is 3.81. The SMILES string of the molecule is CC1CN(C(=O)OC(C)(C)C)CCN1C(=O)c1c(F)ccc(B2OC(C)(C)C(C)(C)O2)c1F. The van der Waals surface area contributed by atoms with Gasteiger partial charge >= 0.3 is 13.2 Å². The summed E-state index contributed by atoms with van der Waals surface area (Å²) in [4.78, 5) is 28.4. The summed E-state index contributed by atoms with van der Waals surface area (Å²) in [5.74, 6) is -2.74. The second kappa shape index (κ2) is 8.54. The summed E-state index contributed by atoms with van der Waals surface area (Å²) < 4.78 is 47.3. The molecule has 2 saturated heterocycles. The van der Waals surface area contributed by atoms with Gasteiger partial charge in [-0.15, -0.1) is 0 Å². The second-order valence-corrected chi connectivity index (χ2v) is 10.7. The van der Waals surface area contributed by atoms with Crippen LogP contribution in [0.5, 0.6) is 0 Å². The number of amides is 2. The van der Waals surface area contributed by atoms with E-state index in [1.54, 1.807) is 27.7 Å². The number of piperazine rings is 1. The molecule has 0 saturated carbocycles. The minimum atomic E-state index is -1.07. The zero-order valence-corrected chi connectivity index (χ0v) is 20.6. The molecule has 10 heteroatoms. The lowest BCUT2D eigenvalue weighted by Gasteiger charge is -2.40. The number of carbonyl (C=O) groups excluding carboxylic acids is 2. The molecular formula is C23H33BF2N2O5. The quantitative estimate of drug-likeness (QED) is 0.626. The topological polar surface area (TPSA) is 68.3 Å². The molecule has 2 heterocycles. The largest absolute Gasteiger partial charge is 0.497 e. The van der Waals surface area contributed by atoms with Gasteiger partial charge in [-0.25, -0.2) is 13.6 Å². The number of hydrogen-bond donors (Lipinski definition) is 0.